The number of fused-ring (bicyclic) bond motifs is 1. The maximum absolute atomic E-state index is 13.5. The van der Waals surface area contributed by atoms with Crippen LogP contribution in [0.4, 0.5) is 4.39 Å². The summed E-state index contributed by atoms with van der Waals surface area (Å²) in [6.45, 7) is 5.22. The summed E-state index contributed by atoms with van der Waals surface area (Å²) in [6, 6.07) is 14.3. The van der Waals surface area contributed by atoms with Gasteiger partial charge in [0.2, 0.25) is 0 Å². The van der Waals surface area contributed by atoms with Crippen LogP contribution in [0.5, 0.6) is 0 Å². The van der Waals surface area contributed by atoms with Crippen LogP contribution in [0.25, 0.3) is 28.1 Å². The summed E-state index contributed by atoms with van der Waals surface area (Å²) >= 11 is 0. The summed E-state index contributed by atoms with van der Waals surface area (Å²) < 4.78 is 16.5. The highest BCUT2D eigenvalue weighted by Gasteiger charge is 2.19. The van der Waals surface area contributed by atoms with E-state index in [9.17, 15) is 24.5 Å². The Morgan fingerprint density at radius 3 is 2.22 bits per heavy atom. The lowest BCUT2D eigenvalue weighted by molar-refractivity contribution is -0.870. The van der Waals surface area contributed by atoms with E-state index in [-0.39, 0.29) is 24.9 Å². The van der Waals surface area contributed by atoms with Gasteiger partial charge in [-0.05, 0) is 43.7 Å². The maximum Gasteiger partial charge on any atom is 0.123 e. The van der Waals surface area contributed by atoms with Gasteiger partial charge in [0.15, 0.2) is 0 Å². The van der Waals surface area contributed by atoms with Crippen molar-refractivity contribution in [3.8, 4) is 11.1 Å². The van der Waals surface area contributed by atoms with Gasteiger partial charge in [0.25, 0.3) is 0 Å². The van der Waals surface area contributed by atoms with E-state index in [2.05, 4.69) is 39.6 Å². The quantitative estimate of drug-likeness (QED) is 0.361. The van der Waals surface area contributed by atoms with E-state index in [4.69, 9.17) is 5.11 Å². The second-order valence-electron chi connectivity index (χ2n) is 10.4. The monoisotopic (exact) mass is 514 g/mol. The lowest BCUT2D eigenvalue weighted by Gasteiger charge is -2.21. The fourth-order valence-corrected chi connectivity index (χ4v) is 4.06. The van der Waals surface area contributed by atoms with Crippen LogP contribution in [-0.4, -0.2) is 76.8 Å². The molecule has 0 aliphatic carbocycles. The van der Waals surface area contributed by atoms with Crippen LogP contribution >= 0.6 is 0 Å². The van der Waals surface area contributed by atoms with Crippen LogP contribution in [0.2, 0.25) is 0 Å². The normalized spacial score (nSPS) is 13.6. The SMILES string of the molecule is CC(C)n1c(/C=C/[C@@H](O)C[C@@H](O)CC(=O)[O-])c(-c2ccc(F)cc2)c2ccccc21.C[N+](C)(C)CCO. The third-order valence-corrected chi connectivity index (χ3v) is 5.76. The number of quaternary nitrogens is 1. The Labute approximate surface area is 218 Å². The number of halogens is 1. The molecule has 37 heavy (non-hydrogen) atoms. The first-order chi connectivity index (χ1) is 17.3. The summed E-state index contributed by atoms with van der Waals surface area (Å²) in [5.41, 5.74) is 3.61. The number of likely N-dealkylation sites (N-methyl/N-ethyl adjacent to an activating group) is 1. The van der Waals surface area contributed by atoms with E-state index in [1.165, 1.54) is 12.1 Å². The number of carbonyl (C=O) groups is 1. The van der Waals surface area contributed by atoms with Crippen LogP contribution in [0, 0.1) is 5.82 Å². The highest BCUT2D eigenvalue weighted by atomic mass is 19.1. The van der Waals surface area contributed by atoms with Gasteiger partial charge in [-0.1, -0.05) is 36.4 Å². The molecule has 1 heterocycles. The molecule has 0 spiro atoms. The fraction of sp³-hybridized carbons (Fsp3) is 0.414. The van der Waals surface area contributed by atoms with Gasteiger partial charge < -0.3 is 34.3 Å². The van der Waals surface area contributed by atoms with Crippen molar-refractivity contribution in [1.29, 1.82) is 0 Å². The van der Waals surface area contributed by atoms with Crippen LogP contribution < -0.4 is 5.11 Å². The van der Waals surface area contributed by atoms with Crippen LogP contribution in [0.1, 0.15) is 38.4 Å². The first kappa shape index (κ1) is 30.2. The van der Waals surface area contributed by atoms with E-state index in [1.54, 1.807) is 24.3 Å². The zero-order valence-electron chi connectivity index (χ0n) is 22.3. The smallest absolute Gasteiger partial charge is 0.123 e. The lowest BCUT2D eigenvalue weighted by atomic mass is 10.0. The topological polar surface area (TPSA) is 106 Å². The van der Waals surface area contributed by atoms with Crippen molar-refractivity contribution in [2.45, 2.75) is 44.9 Å². The Morgan fingerprint density at radius 1 is 1.08 bits per heavy atom. The average molecular weight is 515 g/mol. The number of aliphatic hydroxyl groups excluding tert-OH is 3. The molecule has 0 saturated carbocycles. The first-order valence-electron chi connectivity index (χ1n) is 12.4. The van der Waals surface area contributed by atoms with Crippen LogP contribution in [0.3, 0.4) is 0 Å². The first-order valence-corrected chi connectivity index (χ1v) is 12.4. The molecule has 0 fully saturated rings. The zero-order chi connectivity index (χ0) is 27.8. The highest BCUT2D eigenvalue weighted by Crippen LogP contribution is 2.38. The van der Waals surface area contributed by atoms with Crippen molar-refractivity contribution in [2.24, 2.45) is 0 Å². The van der Waals surface area contributed by atoms with Crippen molar-refractivity contribution >= 4 is 22.9 Å². The van der Waals surface area contributed by atoms with E-state index >= 15 is 0 Å². The van der Waals surface area contributed by atoms with E-state index in [0.717, 1.165) is 38.8 Å². The van der Waals surface area contributed by atoms with Crippen LogP contribution in [-0.2, 0) is 4.79 Å². The maximum atomic E-state index is 13.5. The molecule has 1 aromatic heterocycles. The number of aromatic nitrogens is 1. The van der Waals surface area contributed by atoms with Gasteiger partial charge in [0.05, 0.1) is 40.0 Å². The molecule has 202 valence electrons. The highest BCUT2D eigenvalue weighted by molar-refractivity contribution is 6.01. The van der Waals surface area contributed by atoms with Crippen molar-refractivity contribution < 1.29 is 34.1 Å². The van der Waals surface area contributed by atoms with Crippen molar-refractivity contribution in [3.05, 3.63) is 66.1 Å². The molecule has 2 atom stereocenters. The Balaban J connectivity index is 0.000000604. The number of aliphatic carboxylic acids is 1. The van der Waals surface area contributed by atoms with Gasteiger partial charge in [0.1, 0.15) is 12.4 Å². The van der Waals surface area contributed by atoms with Crippen molar-refractivity contribution in [2.75, 3.05) is 34.3 Å². The Kier molecular flexibility index (Phi) is 11.0. The fourth-order valence-electron chi connectivity index (χ4n) is 4.06. The molecule has 3 aromatic rings. The largest absolute Gasteiger partial charge is 0.550 e. The number of carboxylic acid groups (broad SMARTS) is 1. The predicted molar refractivity (Wildman–Crippen MR) is 143 cm³/mol. The molecule has 8 heteroatoms. The molecular formula is C29H39FN2O5. The standard InChI is InChI=1S/C24H26FNO4.C5H14NO/c1-15(2)26-21-6-4-3-5-20(21)24(16-7-9-17(25)10-8-16)22(26)12-11-18(27)13-19(28)14-23(29)30;1-6(2,3)4-5-7/h3-12,15,18-19,27-28H,13-14H2,1-2H3,(H,29,30);7H,4-5H2,1-3H3/q;+1/p-1/b12-11+;/t18-,19-;/m1./s1. The lowest BCUT2D eigenvalue weighted by Crippen LogP contribution is -2.36. The van der Waals surface area contributed by atoms with Gasteiger partial charge in [-0.15, -0.1) is 0 Å². The van der Waals surface area contributed by atoms with Gasteiger partial charge in [0, 0.05) is 47.0 Å². The molecule has 0 aliphatic rings. The molecule has 0 saturated heterocycles. The molecule has 3 N–H and O–H groups in total. The Bertz CT molecular complexity index is 1180. The molecule has 0 amide bonds. The van der Waals surface area contributed by atoms with Gasteiger partial charge >= 0.3 is 0 Å². The van der Waals surface area contributed by atoms with Gasteiger partial charge in [-0.25, -0.2) is 4.39 Å². The third-order valence-electron chi connectivity index (χ3n) is 5.76. The van der Waals surface area contributed by atoms with Crippen LogP contribution in [0.15, 0.2) is 54.6 Å². The number of para-hydroxylation sites is 1. The summed E-state index contributed by atoms with van der Waals surface area (Å²) in [4.78, 5) is 10.6. The average Bonchev–Trinajstić information content (AvgIpc) is 3.11. The minimum Gasteiger partial charge on any atom is -0.550 e. The number of carboxylic acids is 1. The second-order valence-corrected chi connectivity index (χ2v) is 10.4. The molecule has 0 unspecified atom stereocenters. The minimum absolute atomic E-state index is 0.113. The zero-order valence-corrected chi connectivity index (χ0v) is 22.3. The number of hydrogen-bond donors (Lipinski definition) is 3. The predicted octanol–water partition coefficient (Wildman–Crippen LogP) is 2.98. The number of hydrogen-bond acceptors (Lipinski definition) is 5. The van der Waals surface area contributed by atoms with Crippen molar-refractivity contribution in [1.82, 2.24) is 4.57 Å². The molecule has 0 bridgehead atoms. The Morgan fingerprint density at radius 2 is 1.70 bits per heavy atom. The molecule has 0 radical (unpaired) electrons. The summed E-state index contributed by atoms with van der Waals surface area (Å²) in [5.74, 6) is -1.68. The third kappa shape index (κ3) is 9.09. The number of carbonyl (C=O) groups excluding carboxylic acids is 1. The molecule has 2 aromatic carbocycles. The number of aliphatic hydroxyl groups is 3. The summed E-state index contributed by atoms with van der Waals surface area (Å²) in [7, 11) is 6.16. The number of nitrogens with zero attached hydrogens (tertiary/aromatic N) is 2. The minimum atomic E-state index is -1.36. The van der Waals surface area contributed by atoms with E-state index in [1.807, 2.05) is 24.3 Å². The summed E-state index contributed by atoms with van der Waals surface area (Å²) in [6.07, 6.45) is 0.450. The molecule has 7 nitrogen and oxygen atoms in total. The van der Waals surface area contributed by atoms with Gasteiger partial charge in [-0.2, -0.15) is 0 Å². The Hall–Kier alpha value is -3.04. The number of benzene rings is 2. The molecular weight excluding hydrogens is 475 g/mol. The summed E-state index contributed by atoms with van der Waals surface area (Å²) in [5, 5.41) is 40.0. The number of rotatable bonds is 10. The second kappa shape index (κ2) is 13.5. The van der Waals surface area contributed by atoms with E-state index in [0.29, 0.717) is 0 Å². The molecule has 0 aliphatic heterocycles. The molecule has 3 rings (SSSR count). The van der Waals surface area contributed by atoms with Gasteiger partial charge in [-0.3, -0.25) is 0 Å². The van der Waals surface area contributed by atoms with E-state index < -0.39 is 24.6 Å². The van der Waals surface area contributed by atoms with Crippen molar-refractivity contribution in [3.63, 3.8) is 0 Å².